The highest BCUT2D eigenvalue weighted by Crippen LogP contribution is 2.22. The number of carbonyl (C=O) groups is 1. The number of hydrogen-bond acceptors (Lipinski definition) is 2. The third-order valence-electron chi connectivity index (χ3n) is 3.04. The zero-order valence-electron chi connectivity index (χ0n) is 9.51. The highest BCUT2D eigenvalue weighted by Gasteiger charge is 2.18. The summed E-state index contributed by atoms with van der Waals surface area (Å²) in [5, 5.41) is 4.00. The number of Topliss-reactive ketones (excluding diaryl/α,β-unsaturated/α-hetero) is 1. The lowest BCUT2D eigenvalue weighted by Crippen LogP contribution is -2.25. The topological polar surface area (TPSA) is 29.1 Å². The molecule has 0 radical (unpaired) electrons. The van der Waals surface area contributed by atoms with E-state index in [1.165, 1.54) is 6.42 Å². The SMILES string of the molecule is O=C(Cc1ccc(Br)cc1Cl)CC1CCCN1. The van der Waals surface area contributed by atoms with Crippen LogP contribution in [0.4, 0.5) is 0 Å². The molecule has 2 nitrogen and oxygen atoms in total. The molecule has 0 aliphatic carbocycles. The third-order valence-corrected chi connectivity index (χ3v) is 3.88. The number of carbonyl (C=O) groups excluding carboxylic acids is 1. The minimum Gasteiger partial charge on any atom is -0.314 e. The summed E-state index contributed by atoms with van der Waals surface area (Å²) in [6.07, 6.45) is 3.34. The average molecular weight is 317 g/mol. The van der Waals surface area contributed by atoms with Crippen LogP contribution < -0.4 is 5.32 Å². The number of ketones is 1. The van der Waals surface area contributed by atoms with E-state index in [9.17, 15) is 4.79 Å². The van der Waals surface area contributed by atoms with Crippen LogP contribution in [0, 0.1) is 0 Å². The van der Waals surface area contributed by atoms with Crippen molar-refractivity contribution in [2.45, 2.75) is 31.7 Å². The first-order chi connectivity index (χ1) is 8.15. The number of hydrogen-bond donors (Lipinski definition) is 1. The molecule has 0 amide bonds. The van der Waals surface area contributed by atoms with Crippen molar-refractivity contribution in [2.24, 2.45) is 0 Å². The first-order valence-corrected chi connectivity index (χ1v) is 7.01. The second kappa shape index (κ2) is 5.98. The molecule has 0 bridgehead atoms. The van der Waals surface area contributed by atoms with Gasteiger partial charge in [0, 0.05) is 28.4 Å². The van der Waals surface area contributed by atoms with Crippen LogP contribution in [0.25, 0.3) is 0 Å². The highest BCUT2D eigenvalue weighted by atomic mass is 79.9. The van der Waals surface area contributed by atoms with E-state index in [2.05, 4.69) is 21.2 Å². The predicted octanol–water partition coefficient (Wildman–Crippen LogP) is 3.36. The highest BCUT2D eigenvalue weighted by molar-refractivity contribution is 9.10. The van der Waals surface area contributed by atoms with Crippen molar-refractivity contribution >= 4 is 33.3 Å². The molecule has 0 spiro atoms. The maximum absolute atomic E-state index is 11.9. The Labute approximate surface area is 115 Å². The monoisotopic (exact) mass is 315 g/mol. The van der Waals surface area contributed by atoms with Gasteiger partial charge in [0.05, 0.1) is 0 Å². The minimum absolute atomic E-state index is 0.258. The van der Waals surface area contributed by atoms with Crippen molar-refractivity contribution in [1.29, 1.82) is 0 Å². The van der Waals surface area contributed by atoms with Crippen molar-refractivity contribution in [3.8, 4) is 0 Å². The van der Waals surface area contributed by atoms with E-state index in [0.717, 1.165) is 23.0 Å². The van der Waals surface area contributed by atoms with Gasteiger partial charge < -0.3 is 5.32 Å². The standard InChI is InChI=1S/C13H15BrClNO/c14-10-4-3-9(13(15)7-10)6-12(17)8-11-2-1-5-16-11/h3-4,7,11,16H,1-2,5-6,8H2. The van der Waals surface area contributed by atoms with Gasteiger partial charge in [-0.2, -0.15) is 0 Å². The fourth-order valence-electron chi connectivity index (χ4n) is 2.16. The van der Waals surface area contributed by atoms with E-state index in [1.54, 1.807) is 0 Å². The van der Waals surface area contributed by atoms with Crippen LogP contribution in [-0.4, -0.2) is 18.4 Å². The Balaban J connectivity index is 1.93. The Hall–Kier alpha value is -0.380. The van der Waals surface area contributed by atoms with Gasteiger partial charge in [0.2, 0.25) is 0 Å². The maximum atomic E-state index is 11.9. The summed E-state index contributed by atoms with van der Waals surface area (Å²) in [5.74, 6) is 0.258. The molecular formula is C13H15BrClNO. The van der Waals surface area contributed by atoms with Crippen LogP contribution in [0.15, 0.2) is 22.7 Å². The molecule has 4 heteroatoms. The lowest BCUT2D eigenvalue weighted by molar-refractivity contribution is -0.118. The van der Waals surface area contributed by atoms with Gasteiger partial charge in [-0.1, -0.05) is 33.6 Å². The van der Waals surface area contributed by atoms with Crippen LogP contribution in [-0.2, 0) is 11.2 Å². The maximum Gasteiger partial charge on any atom is 0.138 e. The second-order valence-electron chi connectivity index (χ2n) is 4.45. The fraction of sp³-hybridized carbons (Fsp3) is 0.462. The molecule has 1 unspecified atom stereocenters. The van der Waals surface area contributed by atoms with Crippen LogP contribution in [0.3, 0.4) is 0 Å². The molecule has 1 aliphatic heterocycles. The minimum atomic E-state index is 0.258. The first-order valence-electron chi connectivity index (χ1n) is 5.84. The number of benzene rings is 1. The van der Waals surface area contributed by atoms with Gasteiger partial charge in [-0.25, -0.2) is 0 Å². The van der Waals surface area contributed by atoms with Crippen molar-refractivity contribution in [2.75, 3.05) is 6.54 Å². The molecular weight excluding hydrogens is 302 g/mol. The summed E-state index contributed by atoms with van der Waals surface area (Å²) >= 11 is 9.45. The summed E-state index contributed by atoms with van der Waals surface area (Å²) < 4.78 is 0.941. The Morgan fingerprint density at radius 3 is 3.00 bits per heavy atom. The van der Waals surface area contributed by atoms with Crippen LogP contribution in [0.5, 0.6) is 0 Å². The van der Waals surface area contributed by atoms with E-state index in [0.29, 0.717) is 23.9 Å². The van der Waals surface area contributed by atoms with E-state index in [1.807, 2.05) is 18.2 Å². The Morgan fingerprint density at radius 1 is 1.53 bits per heavy atom. The van der Waals surface area contributed by atoms with Crippen molar-refractivity contribution in [3.05, 3.63) is 33.3 Å². The lowest BCUT2D eigenvalue weighted by atomic mass is 10.0. The average Bonchev–Trinajstić information content (AvgIpc) is 2.75. The van der Waals surface area contributed by atoms with E-state index >= 15 is 0 Å². The Morgan fingerprint density at radius 2 is 2.35 bits per heavy atom. The van der Waals surface area contributed by atoms with Gasteiger partial charge in [-0.05, 0) is 37.1 Å². The molecule has 1 N–H and O–H groups in total. The molecule has 1 aliphatic rings. The quantitative estimate of drug-likeness (QED) is 0.923. The molecule has 1 heterocycles. The van der Waals surface area contributed by atoms with Gasteiger partial charge in [-0.3, -0.25) is 4.79 Å². The van der Waals surface area contributed by atoms with E-state index in [-0.39, 0.29) is 5.78 Å². The summed E-state index contributed by atoms with van der Waals surface area (Å²) in [7, 11) is 0. The molecule has 1 atom stereocenters. The summed E-state index contributed by atoms with van der Waals surface area (Å²) in [4.78, 5) is 11.9. The summed E-state index contributed by atoms with van der Waals surface area (Å²) in [6.45, 7) is 1.04. The van der Waals surface area contributed by atoms with E-state index in [4.69, 9.17) is 11.6 Å². The van der Waals surface area contributed by atoms with Gasteiger partial charge >= 0.3 is 0 Å². The normalized spacial score (nSPS) is 19.5. The first kappa shape index (κ1) is 13.1. The van der Waals surface area contributed by atoms with Crippen molar-refractivity contribution in [3.63, 3.8) is 0 Å². The molecule has 1 aromatic rings. The van der Waals surface area contributed by atoms with Gasteiger partial charge in [-0.15, -0.1) is 0 Å². The second-order valence-corrected chi connectivity index (χ2v) is 5.77. The largest absolute Gasteiger partial charge is 0.314 e. The van der Waals surface area contributed by atoms with Gasteiger partial charge in [0.25, 0.3) is 0 Å². The molecule has 2 rings (SSSR count). The van der Waals surface area contributed by atoms with Crippen molar-refractivity contribution in [1.82, 2.24) is 5.32 Å². The zero-order chi connectivity index (χ0) is 12.3. The molecule has 0 saturated carbocycles. The Bertz CT molecular complexity index is 416. The Kier molecular flexibility index (Phi) is 4.60. The number of nitrogens with one attached hydrogen (secondary N) is 1. The fourth-order valence-corrected chi connectivity index (χ4v) is 2.90. The molecule has 17 heavy (non-hydrogen) atoms. The summed E-state index contributed by atoms with van der Waals surface area (Å²) in [5.41, 5.74) is 0.915. The number of halogens is 2. The molecule has 1 aromatic carbocycles. The number of rotatable bonds is 4. The molecule has 1 saturated heterocycles. The van der Waals surface area contributed by atoms with E-state index < -0.39 is 0 Å². The van der Waals surface area contributed by atoms with Crippen LogP contribution in [0.1, 0.15) is 24.8 Å². The lowest BCUT2D eigenvalue weighted by Gasteiger charge is -2.09. The van der Waals surface area contributed by atoms with Crippen LogP contribution in [0.2, 0.25) is 5.02 Å². The molecule has 92 valence electrons. The zero-order valence-corrected chi connectivity index (χ0v) is 11.9. The van der Waals surface area contributed by atoms with Crippen molar-refractivity contribution < 1.29 is 4.79 Å². The van der Waals surface area contributed by atoms with Gasteiger partial charge in [0.15, 0.2) is 0 Å². The summed E-state index contributed by atoms with van der Waals surface area (Å²) in [6, 6.07) is 6.03. The predicted molar refractivity (Wildman–Crippen MR) is 73.5 cm³/mol. The third kappa shape index (κ3) is 3.80. The van der Waals surface area contributed by atoms with Gasteiger partial charge in [0.1, 0.15) is 5.78 Å². The van der Waals surface area contributed by atoms with Crippen LogP contribution >= 0.6 is 27.5 Å². The molecule has 1 fully saturated rings. The smallest absolute Gasteiger partial charge is 0.138 e. The molecule has 0 aromatic heterocycles.